The minimum Gasteiger partial charge on any atom is -0.493 e. The summed E-state index contributed by atoms with van der Waals surface area (Å²) in [6, 6.07) is 5.98. The zero-order valence-corrected chi connectivity index (χ0v) is 13.1. The first-order chi connectivity index (χ1) is 9.69. The predicted molar refractivity (Wildman–Crippen MR) is 81.6 cm³/mol. The van der Waals surface area contributed by atoms with Gasteiger partial charge in [-0.3, -0.25) is 0 Å². The number of methoxy groups -OCH3 is 1. The Balaban J connectivity index is 2.41. The van der Waals surface area contributed by atoms with Crippen LogP contribution in [0.25, 0.3) is 0 Å². The molecule has 20 heavy (non-hydrogen) atoms. The van der Waals surface area contributed by atoms with E-state index < -0.39 is 0 Å². The van der Waals surface area contributed by atoms with Crippen molar-refractivity contribution in [2.45, 2.75) is 39.8 Å². The summed E-state index contributed by atoms with van der Waals surface area (Å²) >= 11 is 0. The minimum absolute atomic E-state index is 0.304. The van der Waals surface area contributed by atoms with Gasteiger partial charge in [-0.1, -0.05) is 12.1 Å². The second-order valence-electron chi connectivity index (χ2n) is 4.83. The highest BCUT2D eigenvalue weighted by atomic mass is 16.5. The Kier molecular flexibility index (Phi) is 8.07. The molecule has 1 aromatic rings. The van der Waals surface area contributed by atoms with E-state index in [0.29, 0.717) is 12.7 Å². The summed E-state index contributed by atoms with van der Waals surface area (Å²) in [6.07, 6.45) is 1.31. The van der Waals surface area contributed by atoms with Crippen molar-refractivity contribution in [3.8, 4) is 11.5 Å². The lowest BCUT2D eigenvalue weighted by atomic mass is 10.2. The molecule has 1 N–H and O–H groups in total. The van der Waals surface area contributed by atoms with Crippen LogP contribution >= 0.6 is 0 Å². The average molecular weight is 281 g/mol. The molecule has 0 spiro atoms. The fraction of sp³-hybridized carbons (Fsp3) is 0.625. The standard InChI is InChI=1S/C16H27NO3/c1-5-19-15-9-6-8-14(16(15)18-4)12-17-10-7-11-20-13(2)3/h6,8-9,13,17H,5,7,10-12H2,1-4H3. The third-order valence-corrected chi connectivity index (χ3v) is 2.83. The number of hydrogen-bond donors (Lipinski definition) is 1. The van der Waals surface area contributed by atoms with Crippen molar-refractivity contribution < 1.29 is 14.2 Å². The maximum absolute atomic E-state index is 5.57. The number of rotatable bonds is 10. The van der Waals surface area contributed by atoms with Gasteiger partial charge in [0.2, 0.25) is 0 Å². The third-order valence-electron chi connectivity index (χ3n) is 2.83. The summed E-state index contributed by atoms with van der Waals surface area (Å²) in [5.41, 5.74) is 1.11. The Hall–Kier alpha value is -1.26. The summed E-state index contributed by atoms with van der Waals surface area (Å²) in [5, 5.41) is 3.40. The van der Waals surface area contributed by atoms with Gasteiger partial charge in [-0.2, -0.15) is 0 Å². The first-order valence-electron chi connectivity index (χ1n) is 7.30. The highest BCUT2D eigenvalue weighted by molar-refractivity contribution is 5.46. The number of benzene rings is 1. The highest BCUT2D eigenvalue weighted by Crippen LogP contribution is 2.30. The maximum Gasteiger partial charge on any atom is 0.165 e. The van der Waals surface area contributed by atoms with Crippen LogP contribution < -0.4 is 14.8 Å². The molecule has 1 aromatic carbocycles. The van der Waals surface area contributed by atoms with Gasteiger partial charge in [0.25, 0.3) is 0 Å². The molecule has 0 bridgehead atoms. The predicted octanol–water partition coefficient (Wildman–Crippen LogP) is 3.00. The van der Waals surface area contributed by atoms with Crippen molar-refractivity contribution in [1.82, 2.24) is 5.32 Å². The van der Waals surface area contributed by atoms with Gasteiger partial charge < -0.3 is 19.5 Å². The average Bonchev–Trinajstić information content (AvgIpc) is 2.43. The molecule has 0 radical (unpaired) electrons. The normalized spacial score (nSPS) is 10.8. The molecular formula is C16H27NO3. The molecule has 4 heteroatoms. The number of para-hydroxylation sites is 1. The fourth-order valence-electron chi connectivity index (χ4n) is 1.94. The molecule has 0 aliphatic rings. The third kappa shape index (κ3) is 5.80. The largest absolute Gasteiger partial charge is 0.493 e. The van der Waals surface area contributed by atoms with E-state index in [2.05, 4.69) is 25.2 Å². The molecule has 0 aliphatic heterocycles. The lowest BCUT2D eigenvalue weighted by molar-refractivity contribution is 0.0770. The van der Waals surface area contributed by atoms with Crippen LogP contribution in [0.5, 0.6) is 11.5 Å². The van der Waals surface area contributed by atoms with Crippen LogP contribution in [0.2, 0.25) is 0 Å². The lowest BCUT2D eigenvalue weighted by Crippen LogP contribution is -2.18. The summed E-state index contributed by atoms with van der Waals surface area (Å²) in [5.74, 6) is 1.62. The van der Waals surface area contributed by atoms with Crippen LogP contribution in [-0.2, 0) is 11.3 Å². The molecule has 0 heterocycles. The summed E-state index contributed by atoms with van der Waals surface area (Å²) in [7, 11) is 1.68. The minimum atomic E-state index is 0.304. The van der Waals surface area contributed by atoms with Crippen molar-refractivity contribution in [2.75, 3.05) is 26.9 Å². The van der Waals surface area contributed by atoms with E-state index in [0.717, 1.165) is 43.2 Å². The van der Waals surface area contributed by atoms with Gasteiger partial charge in [-0.15, -0.1) is 0 Å². The van der Waals surface area contributed by atoms with Gasteiger partial charge >= 0.3 is 0 Å². The lowest BCUT2D eigenvalue weighted by Gasteiger charge is -2.14. The van der Waals surface area contributed by atoms with Crippen molar-refractivity contribution in [2.24, 2.45) is 0 Å². The summed E-state index contributed by atoms with van der Waals surface area (Å²) in [6.45, 7) is 9.20. The van der Waals surface area contributed by atoms with Gasteiger partial charge in [0.15, 0.2) is 11.5 Å². The van der Waals surface area contributed by atoms with E-state index in [9.17, 15) is 0 Å². The molecule has 1 rings (SSSR count). The zero-order valence-electron chi connectivity index (χ0n) is 13.1. The fourth-order valence-corrected chi connectivity index (χ4v) is 1.94. The van der Waals surface area contributed by atoms with Gasteiger partial charge in [-0.05, 0) is 39.8 Å². The van der Waals surface area contributed by atoms with Crippen molar-refractivity contribution >= 4 is 0 Å². The topological polar surface area (TPSA) is 39.7 Å². The Morgan fingerprint density at radius 1 is 1.25 bits per heavy atom. The second kappa shape index (κ2) is 9.61. The number of hydrogen-bond acceptors (Lipinski definition) is 4. The molecule has 0 saturated carbocycles. The molecule has 114 valence electrons. The number of nitrogens with one attached hydrogen (secondary N) is 1. The number of ether oxygens (including phenoxy) is 3. The molecule has 0 unspecified atom stereocenters. The quantitative estimate of drug-likeness (QED) is 0.669. The first-order valence-corrected chi connectivity index (χ1v) is 7.30. The Morgan fingerprint density at radius 2 is 2.05 bits per heavy atom. The molecule has 0 aromatic heterocycles. The molecule has 4 nitrogen and oxygen atoms in total. The van der Waals surface area contributed by atoms with Crippen LogP contribution in [0.3, 0.4) is 0 Å². The molecule has 0 fully saturated rings. The highest BCUT2D eigenvalue weighted by Gasteiger charge is 2.09. The molecular weight excluding hydrogens is 254 g/mol. The molecule has 0 aliphatic carbocycles. The molecule has 0 saturated heterocycles. The van der Waals surface area contributed by atoms with E-state index in [-0.39, 0.29) is 0 Å². The van der Waals surface area contributed by atoms with Crippen LogP contribution in [-0.4, -0.2) is 33.0 Å². The van der Waals surface area contributed by atoms with Crippen LogP contribution in [0, 0.1) is 0 Å². The van der Waals surface area contributed by atoms with Crippen molar-refractivity contribution in [3.63, 3.8) is 0 Å². The SMILES string of the molecule is CCOc1cccc(CNCCCOC(C)C)c1OC. The maximum atomic E-state index is 5.57. The Morgan fingerprint density at radius 3 is 2.70 bits per heavy atom. The van der Waals surface area contributed by atoms with E-state index in [4.69, 9.17) is 14.2 Å². The smallest absolute Gasteiger partial charge is 0.165 e. The molecule has 0 amide bonds. The van der Waals surface area contributed by atoms with Gasteiger partial charge in [0.05, 0.1) is 19.8 Å². The van der Waals surface area contributed by atoms with E-state index in [1.165, 1.54) is 0 Å². The van der Waals surface area contributed by atoms with E-state index in [1.54, 1.807) is 7.11 Å². The molecule has 0 atom stereocenters. The van der Waals surface area contributed by atoms with E-state index in [1.807, 2.05) is 19.1 Å². The van der Waals surface area contributed by atoms with Crippen molar-refractivity contribution in [1.29, 1.82) is 0 Å². The second-order valence-corrected chi connectivity index (χ2v) is 4.83. The Bertz CT molecular complexity index is 380. The summed E-state index contributed by atoms with van der Waals surface area (Å²) in [4.78, 5) is 0. The van der Waals surface area contributed by atoms with Crippen LogP contribution in [0.4, 0.5) is 0 Å². The van der Waals surface area contributed by atoms with Gasteiger partial charge in [-0.25, -0.2) is 0 Å². The van der Waals surface area contributed by atoms with E-state index >= 15 is 0 Å². The van der Waals surface area contributed by atoms with Crippen LogP contribution in [0.15, 0.2) is 18.2 Å². The first kappa shape index (κ1) is 16.8. The summed E-state index contributed by atoms with van der Waals surface area (Å²) < 4.78 is 16.5. The van der Waals surface area contributed by atoms with Crippen LogP contribution in [0.1, 0.15) is 32.8 Å². The zero-order chi connectivity index (χ0) is 14.8. The van der Waals surface area contributed by atoms with Crippen molar-refractivity contribution in [3.05, 3.63) is 23.8 Å². The Labute approximate surface area is 122 Å². The monoisotopic (exact) mass is 281 g/mol. The van der Waals surface area contributed by atoms with Gasteiger partial charge in [0.1, 0.15) is 0 Å². The van der Waals surface area contributed by atoms with Gasteiger partial charge in [0, 0.05) is 18.7 Å².